The molecule has 0 unspecified atom stereocenters. The minimum Gasteiger partial charge on any atom is -0.481 e. The number of rotatable bonds is 4. The van der Waals surface area contributed by atoms with Gasteiger partial charge in [0, 0.05) is 0 Å². The van der Waals surface area contributed by atoms with E-state index < -0.39 is 17.4 Å². The van der Waals surface area contributed by atoms with Crippen molar-refractivity contribution in [2.75, 3.05) is 0 Å². The van der Waals surface area contributed by atoms with Crippen LogP contribution in [-0.2, 0) is 9.59 Å². The summed E-state index contributed by atoms with van der Waals surface area (Å²) in [6.07, 6.45) is 2.58. The molecule has 0 aliphatic rings. The van der Waals surface area contributed by atoms with Crippen LogP contribution in [-0.4, -0.2) is 22.2 Å². The number of carboxylic acids is 2. The minimum atomic E-state index is -0.991. The lowest BCUT2D eigenvalue weighted by Gasteiger charge is -2.12. The van der Waals surface area contributed by atoms with Crippen LogP contribution < -0.4 is 0 Å². The maximum absolute atomic E-state index is 10.5. The highest BCUT2D eigenvalue weighted by atomic mass is 16.4. The molecule has 0 saturated carbocycles. The van der Waals surface area contributed by atoms with Crippen molar-refractivity contribution < 1.29 is 19.8 Å². The molecular formula is C8H12O4. The number of aliphatic carboxylic acids is 2. The maximum atomic E-state index is 10.5. The van der Waals surface area contributed by atoms with Crippen molar-refractivity contribution in [3.8, 4) is 0 Å². The van der Waals surface area contributed by atoms with E-state index in [1.54, 1.807) is 0 Å². The quantitative estimate of drug-likeness (QED) is 0.623. The average molecular weight is 172 g/mol. The Bertz CT molecular complexity index is 215. The van der Waals surface area contributed by atoms with Crippen molar-refractivity contribution in [1.29, 1.82) is 0 Å². The van der Waals surface area contributed by atoms with Crippen molar-refractivity contribution in [1.82, 2.24) is 0 Å². The Morgan fingerprint density at radius 1 is 1.33 bits per heavy atom. The predicted octanol–water partition coefficient (Wildman–Crippen LogP) is 1.13. The van der Waals surface area contributed by atoms with E-state index in [0.717, 1.165) is 0 Å². The third-order valence-corrected chi connectivity index (χ3v) is 1.38. The standard InChI is InChI=1S/C8H12O4/c1-8(2,7(11)12)5-3-4-6(9)10/h3,5H,4H2,1-2H3,(H,9,10)(H,11,12)/b5-3+. The van der Waals surface area contributed by atoms with Crippen LogP contribution in [0.3, 0.4) is 0 Å². The molecule has 0 heterocycles. The zero-order valence-corrected chi connectivity index (χ0v) is 7.07. The van der Waals surface area contributed by atoms with E-state index >= 15 is 0 Å². The van der Waals surface area contributed by atoms with Crippen molar-refractivity contribution in [2.24, 2.45) is 5.41 Å². The fourth-order valence-electron chi connectivity index (χ4n) is 0.526. The molecule has 0 fully saturated rings. The third-order valence-electron chi connectivity index (χ3n) is 1.38. The summed E-state index contributed by atoms with van der Waals surface area (Å²) in [7, 11) is 0. The van der Waals surface area contributed by atoms with Gasteiger partial charge in [0.05, 0.1) is 11.8 Å². The van der Waals surface area contributed by atoms with E-state index in [0.29, 0.717) is 0 Å². The molecule has 68 valence electrons. The van der Waals surface area contributed by atoms with Crippen LogP contribution in [0.5, 0.6) is 0 Å². The summed E-state index contributed by atoms with van der Waals surface area (Å²) < 4.78 is 0. The van der Waals surface area contributed by atoms with Crippen molar-refractivity contribution in [2.45, 2.75) is 20.3 Å². The first-order valence-corrected chi connectivity index (χ1v) is 3.49. The molecule has 0 atom stereocenters. The van der Waals surface area contributed by atoms with Crippen molar-refractivity contribution in [3.05, 3.63) is 12.2 Å². The number of carboxylic acid groups (broad SMARTS) is 2. The molecule has 2 N–H and O–H groups in total. The molecule has 0 rings (SSSR count). The van der Waals surface area contributed by atoms with E-state index in [4.69, 9.17) is 10.2 Å². The molecule has 0 aromatic carbocycles. The first kappa shape index (κ1) is 10.7. The molecule has 0 radical (unpaired) electrons. The van der Waals surface area contributed by atoms with Crippen molar-refractivity contribution >= 4 is 11.9 Å². The summed E-state index contributed by atoms with van der Waals surface area (Å²) in [4.78, 5) is 20.6. The molecule has 0 bridgehead atoms. The highest BCUT2D eigenvalue weighted by molar-refractivity contribution is 5.76. The highest BCUT2D eigenvalue weighted by Gasteiger charge is 2.22. The zero-order valence-electron chi connectivity index (χ0n) is 7.07. The van der Waals surface area contributed by atoms with Gasteiger partial charge in [-0.3, -0.25) is 9.59 Å². The Kier molecular flexibility index (Phi) is 3.47. The molecule has 0 aromatic heterocycles. The first-order valence-electron chi connectivity index (χ1n) is 3.49. The number of hydrogen-bond donors (Lipinski definition) is 2. The number of carbonyl (C=O) groups is 2. The number of hydrogen-bond acceptors (Lipinski definition) is 2. The Morgan fingerprint density at radius 3 is 2.17 bits per heavy atom. The molecule has 0 amide bonds. The molecule has 4 heteroatoms. The molecule has 0 aliphatic heterocycles. The summed E-state index contributed by atoms with van der Waals surface area (Å²) in [6.45, 7) is 3.02. The van der Waals surface area contributed by atoms with Gasteiger partial charge in [-0.15, -0.1) is 0 Å². The van der Waals surface area contributed by atoms with Gasteiger partial charge in [-0.1, -0.05) is 12.2 Å². The van der Waals surface area contributed by atoms with E-state index in [-0.39, 0.29) is 6.42 Å². The Morgan fingerprint density at radius 2 is 1.83 bits per heavy atom. The predicted molar refractivity (Wildman–Crippen MR) is 42.8 cm³/mol. The van der Waals surface area contributed by atoms with Gasteiger partial charge in [-0.25, -0.2) is 0 Å². The van der Waals surface area contributed by atoms with Gasteiger partial charge in [0.25, 0.3) is 0 Å². The monoisotopic (exact) mass is 172 g/mol. The van der Waals surface area contributed by atoms with Gasteiger partial charge in [-0.2, -0.15) is 0 Å². The molecule has 0 spiro atoms. The van der Waals surface area contributed by atoms with Crippen LogP contribution in [0.4, 0.5) is 0 Å². The second-order valence-electron chi connectivity index (χ2n) is 3.03. The second kappa shape index (κ2) is 3.90. The van der Waals surface area contributed by atoms with Crippen LogP contribution in [0.1, 0.15) is 20.3 Å². The lowest BCUT2D eigenvalue weighted by molar-refractivity contribution is -0.144. The van der Waals surface area contributed by atoms with Gasteiger partial charge in [0.1, 0.15) is 0 Å². The average Bonchev–Trinajstić information content (AvgIpc) is 1.85. The van der Waals surface area contributed by atoms with Crippen molar-refractivity contribution in [3.63, 3.8) is 0 Å². The second-order valence-corrected chi connectivity index (χ2v) is 3.03. The smallest absolute Gasteiger partial charge is 0.312 e. The molecule has 0 aliphatic carbocycles. The van der Waals surface area contributed by atoms with Crippen LogP contribution in [0.15, 0.2) is 12.2 Å². The Hall–Kier alpha value is -1.32. The maximum Gasteiger partial charge on any atom is 0.312 e. The molecular weight excluding hydrogens is 160 g/mol. The Balaban J connectivity index is 4.14. The summed E-state index contributed by atoms with van der Waals surface area (Å²) in [5.74, 6) is -1.93. The third kappa shape index (κ3) is 3.75. The summed E-state index contributed by atoms with van der Waals surface area (Å²) in [5, 5.41) is 16.9. The normalized spacial score (nSPS) is 11.8. The van der Waals surface area contributed by atoms with Gasteiger partial charge in [0.15, 0.2) is 0 Å². The molecule has 0 saturated heterocycles. The lowest BCUT2D eigenvalue weighted by atomic mass is 9.93. The molecule has 12 heavy (non-hydrogen) atoms. The van der Waals surface area contributed by atoms with E-state index in [1.807, 2.05) is 0 Å². The van der Waals surface area contributed by atoms with Gasteiger partial charge in [0.2, 0.25) is 0 Å². The van der Waals surface area contributed by atoms with E-state index in [9.17, 15) is 9.59 Å². The fourth-order valence-corrected chi connectivity index (χ4v) is 0.526. The first-order chi connectivity index (χ1) is 5.36. The van der Waals surface area contributed by atoms with Crippen LogP contribution in [0, 0.1) is 5.41 Å². The molecule has 4 nitrogen and oxygen atoms in total. The van der Waals surface area contributed by atoms with Gasteiger partial charge in [-0.05, 0) is 13.8 Å². The minimum absolute atomic E-state index is 0.142. The van der Waals surface area contributed by atoms with E-state index in [2.05, 4.69) is 0 Å². The van der Waals surface area contributed by atoms with Gasteiger partial charge < -0.3 is 10.2 Å². The summed E-state index contributed by atoms with van der Waals surface area (Å²) in [6, 6.07) is 0. The zero-order chi connectivity index (χ0) is 9.78. The fraction of sp³-hybridized carbons (Fsp3) is 0.500. The molecule has 0 aromatic rings. The van der Waals surface area contributed by atoms with Crippen LogP contribution >= 0.6 is 0 Å². The SMILES string of the molecule is CC(C)(/C=C/CC(=O)O)C(=O)O. The largest absolute Gasteiger partial charge is 0.481 e. The van der Waals surface area contributed by atoms with E-state index in [1.165, 1.54) is 26.0 Å². The summed E-state index contributed by atoms with van der Waals surface area (Å²) in [5.41, 5.74) is -0.991. The summed E-state index contributed by atoms with van der Waals surface area (Å²) >= 11 is 0. The Labute approximate surface area is 70.5 Å². The van der Waals surface area contributed by atoms with Gasteiger partial charge >= 0.3 is 11.9 Å². The topological polar surface area (TPSA) is 74.6 Å². The highest BCUT2D eigenvalue weighted by Crippen LogP contribution is 2.16. The lowest BCUT2D eigenvalue weighted by Crippen LogP contribution is -2.20. The van der Waals surface area contributed by atoms with Crippen LogP contribution in [0.25, 0.3) is 0 Å². The van der Waals surface area contributed by atoms with Crippen LogP contribution in [0.2, 0.25) is 0 Å².